The molecular weight excluding hydrogens is 152 g/mol. The number of nitrogens with two attached hydrogens (primary N) is 1. The van der Waals surface area contributed by atoms with Gasteiger partial charge in [-0.2, -0.15) is 0 Å². The van der Waals surface area contributed by atoms with Crippen molar-refractivity contribution in [3.05, 3.63) is 23.8 Å². The van der Waals surface area contributed by atoms with Crippen LogP contribution in [0.5, 0.6) is 5.75 Å². The summed E-state index contributed by atoms with van der Waals surface area (Å²) in [4.78, 5) is 0. The van der Waals surface area contributed by atoms with E-state index in [1.54, 1.807) is 12.1 Å². The zero-order valence-electron chi connectivity index (χ0n) is 6.75. The highest BCUT2D eigenvalue weighted by atomic mass is 16.3. The van der Waals surface area contributed by atoms with Gasteiger partial charge < -0.3 is 16.2 Å². The summed E-state index contributed by atoms with van der Waals surface area (Å²) >= 11 is 0. The lowest BCUT2D eigenvalue weighted by atomic mass is 10.0. The number of phenols is 1. The van der Waals surface area contributed by atoms with Gasteiger partial charge in [0.15, 0.2) is 0 Å². The van der Waals surface area contributed by atoms with Gasteiger partial charge in [0.2, 0.25) is 0 Å². The second kappa shape index (κ2) is 2.68. The number of aromatic hydroxyl groups is 1. The van der Waals surface area contributed by atoms with Crippen LogP contribution >= 0.6 is 0 Å². The SMILES string of the molecule is NCC1CNc2ccc(O)cc21. The number of fused-ring (bicyclic) bond motifs is 1. The molecule has 12 heavy (non-hydrogen) atoms. The van der Waals surface area contributed by atoms with Crippen LogP contribution in [0, 0.1) is 0 Å². The van der Waals surface area contributed by atoms with Gasteiger partial charge in [-0.1, -0.05) is 0 Å². The molecule has 0 fully saturated rings. The minimum atomic E-state index is 0.316. The Morgan fingerprint density at radius 3 is 3.17 bits per heavy atom. The molecule has 0 saturated heterocycles. The Bertz CT molecular complexity index is 299. The van der Waals surface area contributed by atoms with Crippen molar-refractivity contribution in [2.24, 2.45) is 5.73 Å². The molecule has 1 aliphatic heterocycles. The summed E-state index contributed by atoms with van der Waals surface area (Å²) in [5.41, 5.74) is 7.81. The number of phenolic OH excluding ortho intramolecular Hbond substituents is 1. The molecule has 0 radical (unpaired) electrons. The fourth-order valence-electron chi connectivity index (χ4n) is 1.60. The number of anilines is 1. The van der Waals surface area contributed by atoms with Crippen molar-refractivity contribution in [2.75, 3.05) is 18.4 Å². The van der Waals surface area contributed by atoms with Gasteiger partial charge in [-0.25, -0.2) is 0 Å². The van der Waals surface area contributed by atoms with Gasteiger partial charge in [0.05, 0.1) is 0 Å². The molecule has 1 atom stereocenters. The molecule has 0 amide bonds. The fraction of sp³-hybridized carbons (Fsp3) is 0.333. The van der Waals surface area contributed by atoms with Gasteiger partial charge in [0, 0.05) is 24.7 Å². The van der Waals surface area contributed by atoms with Crippen LogP contribution < -0.4 is 11.1 Å². The maximum atomic E-state index is 9.24. The highest BCUT2D eigenvalue weighted by Crippen LogP contribution is 2.32. The molecule has 1 unspecified atom stereocenters. The first-order chi connectivity index (χ1) is 5.81. The van der Waals surface area contributed by atoms with Crippen LogP contribution in [0.25, 0.3) is 0 Å². The first-order valence-corrected chi connectivity index (χ1v) is 4.08. The minimum Gasteiger partial charge on any atom is -0.508 e. The van der Waals surface area contributed by atoms with Crippen molar-refractivity contribution in [2.45, 2.75) is 5.92 Å². The van der Waals surface area contributed by atoms with Crippen LogP contribution in [0.1, 0.15) is 11.5 Å². The fourth-order valence-corrected chi connectivity index (χ4v) is 1.60. The molecule has 1 heterocycles. The molecule has 1 aromatic carbocycles. The molecular formula is C9H12N2O. The summed E-state index contributed by atoms with van der Waals surface area (Å²) < 4.78 is 0. The normalized spacial score (nSPS) is 20.2. The molecule has 0 aliphatic carbocycles. The lowest BCUT2D eigenvalue weighted by Gasteiger charge is -2.05. The van der Waals surface area contributed by atoms with Crippen molar-refractivity contribution in [3.63, 3.8) is 0 Å². The zero-order chi connectivity index (χ0) is 8.55. The van der Waals surface area contributed by atoms with Gasteiger partial charge in [0.25, 0.3) is 0 Å². The Labute approximate surface area is 71.2 Å². The highest BCUT2D eigenvalue weighted by Gasteiger charge is 2.20. The quantitative estimate of drug-likeness (QED) is 0.539. The van der Waals surface area contributed by atoms with E-state index in [1.807, 2.05) is 6.07 Å². The van der Waals surface area contributed by atoms with Crippen LogP contribution in [-0.2, 0) is 0 Å². The second-order valence-corrected chi connectivity index (χ2v) is 3.09. The van der Waals surface area contributed by atoms with E-state index in [-0.39, 0.29) is 0 Å². The van der Waals surface area contributed by atoms with Gasteiger partial charge in [-0.15, -0.1) is 0 Å². The van der Waals surface area contributed by atoms with E-state index >= 15 is 0 Å². The smallest absolute Gasteiger partial charge is 0.116 e. The minimum absolute atomic E-state index is 0.316. The number of hydrogen-bond acceptors (Lipinski definition) is 3. The predicted octanol–water partition coefficient (Wildman–Crippen LogP) is 0.860. The number of nitrogens with one attached hydrogen (secondary N) is 1. The van der Waals surface area contributed by atoms with Gasteiger partial charge in [-0.3, -0.25) is 0 Å². The molecule has 1 aromatic rings. The number of hydrogen-bond donors (Lipinski definition) is 3. The van der Waals surface area contributed by atoms with E-state index < -0.39 is 0 Å². The van der Waals surface area contributed by atoms with Crippen molar-refractivity contribution >= 4 is 5.69 Å². The molecule has 4 N–H and O–H groups in total. The molecule has 0 aromatic heterocycles. The summed E-state index contributed by atoms with van der Waals surface area (Å²) in [6.45, 7) is 1.51. The lowest BCUT2D eigenvalue weighted by Crippen LogP contribution is -2.13. The third-order valence-corrected chi connectivity index (χ3v) is 2.30. The van der Waals surface area contributed by atoms with Crippen molar-refractivity contribution in [1.82, 2.24) is 0 Å². The summed E-state index contributed by atoms with van der Waals surface area (Å²) in [5.74, 6) is 0.669. The third-order valence-electron chi connectivity index (χ3n) is 2.30. The maximum absolute atomic E-state index is 9.24. The molecule has 0 spiro atoms. The zero-order valence-corrected chi connectivity index (χ0v) is 6.75. The molecule has 0 bridgehead atoms. The average molecular weight is 164 g/mol. The summed E-state index contributed by atoms with van der Waals surface area (Å²) in [5, 5.41) is 12.5. The molecule has 3 nitrogen and oxygen atoms in total. The Hall–Kier alpha value is -1.22. The molecule has 0 saturated carbocycles. The van der Waals surface area contributed by atoms with Crippen molar-refractivity contribution in [3.8, 4) is 5.75 Å². The van der Waals surface area contributed by atoms with E-state index in [2.05, 4.69) is 5.32 Å². The van der Waals surface area contributed by atoms with Crippen molar-refractivity contribution in [1.29, 1.82) is 0 Å². The average Bonchev–Trinajstić information content (AvgIpc) is 2.46. The molecule has 3 heteroatoms. The highest BCUT2D eigenvalue weighted by molar-refractivity contribution is 5.59. The van der Waals surface area contributed by atoms with E-state index in [0.29, 0.717) is 18.2 Å². The van der Waals surface area contributed by atoms with Crippen molar-refractivity contribution < 1.29 is 5.11 Å². The second-order valence-electron chi connectivity index (χ2n) is 3.09. The van der Waals surface area contributed by atoms with Gasteiger partial charge in [0.1, 0.15) is 5.75 Å². The summed E-state index contributed by atoms with van der Waals surface area (Å²) in [7, 11) is 0. The Kier molecular flexibility index (Phi) is 1.66. The topological polar surface area (TPSA) is 58.3 Å². The molecule has 64 valence electrons. The number of benzene rings is 1. The van der Waals surface area contributed by atoms with E-state index in [1.165, 1.54) is 0 Å². The Balaban J connectivity index is 2.42. The monoisotopic (exact) mass is 164 g/mol. The van der Waals surface area contributed by atoms with Crippen LogP contribution in [0.4, 0.5) is 5.69 Å². The third kappa shape index (κ3) is 1.02. The maximum Gasteiger partial charge on any atom is 0.116 e. The predicted molar refractivity (Wildman–Crippen MR) is 48.4 cm³/mol. The van der Waals surface area contributed by atoms with Crippen LogP contribution in [0.3, 0.4) is 0 Å². The largest absolute Gasteiger partial charge is 0.508 e. The van der Waals surface area contributed by atoms with Crippen LogP contribution in [-0.4, -0.2) is 18.2 Å². The Morgan fingerprint density at radius 1 is 1.58 bits per heavy atom. The first kappa shape index (κ1) is 7.43. The van der Waals surface area contributed by atoms with Crippen LogP contribution in [0.2, 0.25) is 0 Å². The molecule has 2 rings (SSSR count). The lowest BCUT2D eigenvalue weighted by molar-refractivity contribution is 0.474. The van der Waals surface area contributed by atoms with E-state index in [4.69, 9.17) is 5.73 Å². The first-order valence-electron chi connectivity index (χ1n) is 4.08. The van der Waals surface area contributed by atoms with Gasteiger partial charge >= 0.3 is 0 Å². The summed E-state index contributed by atoms with van der Waals surface area (Å²) in [6, 6.07) is 5.36. The standard InChI is InChI=1S/C9H12N2O/c10-4-6-5-11-9-2-1-7(12)3-8(6)9/h1-3,6,11-12H,4-5,10H2. The Morgan fingerprint density at radius 2 is 2.42 bits per heavy atom. The van der Waals surface area contributed by atoms with Gasteiger partial charge in [-0.05, 0) is 23.8 Å². The van der Waals surface area contributed by atoms with E-state index in [9.17, 15) is 5.11 Å². The van der Waals surface area contributed by atoms with E-state index in [0.717, 1.165) is 17.8 Å². The van der Waals surface area contributed by atoms with Crippen LogP contribution in [0.15, 0.2) is 18.2 Å². The number of rotatable bonds is 1. The molecule has 1 aliphatic rings. The summed E-state index contributed by atoms with van der Waals surface area (Å²) in [6.07, 6.45) is 0.